The number of thiophene rings is 1. The number of hydrogen-bond acceptors (Lipinski definition) is 4. The molecule has 0 aromatic carbocycles. The lowest BCUT2D eigenvalue weighted by atomic mass is 9.98. The summed E-state index contributed by atoms with van der Waals surface area (Å²) in [6.07, 6.45) is 3.76. The lowest BCUT2D eigenvalue weighted by molar-refractivity contribution is -0.153. The van der Waals surface area contributed by atoms with E-state index in [9.17, 15) is 9.59 Å². The second-order valence-electron chi connectivity index (χ2n) is 5.58. The molecule has 0 spiro atoms. The van der Waals surface area contributed by atoms with Crippen molar-refractivity contribution >= 4 is 23.2 Å². The van der Waals surface area contributed by atoms with Gasteiger partial charge in [0, 0.05) is 23.9 Å². The average Bonchev–Trinajstić information content (AvgIpc) is 3.20. The number of nitrogens with zero attached hydrogens (tertiary/aromatic N) is 1. The van der Waals surface area contributed by atoms with Crippen molar-refractivity contribution in [1.82, 2.24) is 4.90 Å². The number of hydrogen-bond donors (Lipinski definition) is 0. The van der Waals surface area contributed by atoms with Gasteiger partial charge in [-0.1, -0.05) is 6.07 Å². The maximum Gasteiger partial charge on any atom is 0.311 e. The molecule has 1 aliphatic carbocycles. The fraction of sp³-hybridized carbons (Fsp3) is 0.600. The Bertz CT molecular complexity index is 481. The Hall–Kier alpha value is -1.36. The molecular formula is C15H19NO3S. The number of ether oxygens (including phenoxy) is 1. The van der Waals surface area contributed by atoms with Crippen LogP contribution in [0.2, 0.25) is 0 Å². The van der Waals surface area contributed by atoms with E-state index in [0.717, 1.165) is 37.1 Å². The van der Waals surface area contributed by atoms with Gasteiger partial charge in [0.15, 0.2) is 0 Å². The molecule has 0 radical (unpaired) electrons. The van der Waals surface area contributed by atoms with Crippen LogP contribution in [0.15, 0.2) is 17.5 Å². The van der Waals surface area contributed by atoms with Crippen LogP contribution in [0.25, 0.3) is 0 Å². The monoisotopic (exact) mass is 293 g/mol. The maximum absolute atomic E-state index is 12.1. The molecule has 1 aromatic heterocycles. The van der Waals surface area contributed by atoms with E-state index in [1.807, 2.05) is 22.4 Å². The smallest absolute Gasteiger partial charge is 0.311 e. The summed E-state index contributed by atoms with van der Waals surface area (Å²) in [6.45, 7) is 1.69. The van der Waals surface area contributed by atoms with Crippen molar-refractivity contribution < 1.29 is 14.3 Å². The first-order valence-corrected chi connectivity index (χ1v) is 8.10. The van der Waals surface area contributed by atoms with Crippen molar-refractivity contribution in [2.24, 2.45) is 11.8 Å². The number of carbonyl (C=O) groups is 2. The maximum atomic E-state index is 12.1. The first-order chi connectivity index (χ1) is 9.74. The van der Waals surface area contributed by atoms with Gasteiger partial charge in [0.05, 0.1) is 5.92 Å². The van der Waals surface area contributed by atoms with Crippen molar-refractivity contribution in [3.63, 3.8) is 0 Å². The van der Waals surface area contributed by atoms with Crippen molar-refractivity contribution in [2.45, 2.75) is 32.3 Å². The Kier molecular flexibility index (Phi) is 4.05. The van der Waals surface area contributed by atoms with Crippen LogP contribution in [-0.4, -0.2) is 29.9 Å². The van der Waals surface area contributed by atoms with Gasteiger partial charge in [0.25, 0.3) is 0 Å². The van der Waals surface area contributed by atoms with Gasteiger partial charge in [0.2, 0.25) is 5.91 Å². The van der Waals surface area contributed by atoms with Crippen LogP contribution < -0.4 is 0 Å². The quantitative estimate of drug-likeness (QED) is 0.801. The minimum atomic E-state index is -0.160. The van der Waals surface area contributed by atoms with E-state index in [2.05, 4.69) is 0 Å². The number of likely N-dealkylation sites (tertiary alicyclic amines) is 1. The zero-order valence-corrected chi connectivity index (χ0v) is 12.2. The summed E-state index contributed by atoms with van der Waals surface area (Å²) < 4.78 is 5.36. The van der Waals surface area contributed by atoms with Gasteiger partial charge >= 0.3 is 5.97 Å². The minimum absolute atomic E-state index is 0.147. The number of piperidine rings is 1. The first kappa shape index (κ1) is 13.6. The molecule has 2 aliphatic rings. The van der Waals surface area contributed by atoms with Crippen LogP contribution in [0, 0.1) is 11.8 Å². The Morgan fingerprint density at radius 3 is 2.85 bits per heavy atom. The summed E-state index contributed by atoms with van der Waals surface area (Å²) in [6, 6.07) is 3.91. The van der Waals surface area contributed by atoms with E-state index < -0.39 is 0 Å². The highest BCUT2D eigenvalue weighted by Crippen LogP contribution is 2.32. The van der Waals surface area contributed by atoms with Gasteiger partial charge < -0.3 is 9.64 Å². The van der Waals surface area contributed by atoms with E-state index in [1.165, 1.54) is 0 Å². The van der Waals surface area contributed by atoms with Crippen LogP contribution in [0.3, 0.4) is 0 Å². The van der Waals surface area contributed by atoms with Crippen LogP contribution in [0.1, 0.15) is 30.6 Å². The largest absolute Gasteiger partial charge is 0.460 e. The number of amides is 1. The third-order valence-electron chi connectivity index (χ3n) is 3.93. The molecule has 1 saturated carbocycles. The van der Waals surface area contributed by atoms with E-state index in [-0.39, 0.29) is 23.7 Å². The molecule has 1 saturated heterocycles. The second kappa shape index (κ2) is 5.95. The number of carbonyl (C=O) groups excluding carboxylic acids is 2. The highest BCUT2D eigenvalue weighted by Gasteiger charge is 2.37. The Labute approximate surface area is 122 Å². The average molecular weight is 293 g/mol. The summed E-state index contributed by atoms with van der Waals surface area (Å²) >= 11 is 1.59. The first-order valence-electron chi connectivity index (χ1n) is 7.22. The van der Waals surface area contributed by atoms with Crippen molar-refractivity contribution in [3.8, 4) is 0 Å². The number of esters is 1. The zero-order chi connectivity index (χ0) is 13.9. The van der Waals surface area contributed by atoms with E-state index in [1.54, 1.807) is 11.3 Å². The van der Waals surface area contributed by atoms with E-state index in [4.69, 9.17) is 4.74 Å². The standard InChI is InChI=1S/C15H19NO3S/c17-14(11-5-6-11)16-7-1-3-12(9-16)15(18)19-10-13-4-2-8-20-13/h2,4,8,11-12H,1,3,5-7,9-10H2/t12-/m0/s1. The van der Waals surface area contributed by atoms with Gasteiger partial charge in [-0.2, -0.15) is 0 Å². The molecule has 5 heteroatoms. The van der Waals surface area contributed by atoms with Crippen LogP contribution in [0.4, 0.5) is 0 Å². The molecule has 0 N–H and O–H groups in total. The third kappa shape index (κ3) is 3.20. The Morgan fingerprint density at radius 1 is 1.30 bits per heavy atom. The SMILES string of the molecule is O=C(OCc1cccs1)[C@H]1CCCN(C(=O)C2CC2)C1. The van der Waals surface area contributed by atoms with Gasteiger partial charge in [-0.25, -0.2) is 0 Å². The Balaban J connectivity index is 1.50. The summed E-state index contributed by atoms with van der Waals surface area (Å²) in [4.78, 5) is 27.1. The topological polar surface area (TPSA) is 46.6 Å². The summed E-state index contributed by atoms with van der Waals surface area (Å²) in [5.74, 6) is 0.162. The lowest BCUT2D eigenvalue weighted by Crippen LogP contribution is -2.43. The molecule has 4 nitrogen and oxygen atoms in total. The molecule has 1 amide bonds. The van der Waals surface area contributed by atoms with Gasteiger partial charge in [-0.3, -0.25) is 9.59 Å². The van der Waals surface area contributed by atoms with Crippen molar-refractivity contribution in [2.75, 3.05) is 13.1 Å². The highest BCUT2D eigenvalue weighted by atomic mass is 32.1. The second-order valence-corrected chi connectivity index (χ2v) is 6.62. The molecular weight excluding hydrogens is 274 g/mol. The molecule has 1 aliphatic heterocycles. The predicted molar refractivity (Wildman–Crippen MR) is 76.1 cm³/mol. The zero-order valence-electron chi connectivity index (χ0n) is 11.4. The molecule has 2 fully saturated rings. The van der Waals surface area contributed by atoms with Crippen LogP contribution in [0.5, 0.6) is 0 Å². The molecule has 3 rings (SSSR count). The highest BCUT2D eigenvalue weighted by molar-refractivity contribution is 7.09. The summed E-state index contributed by atoms with van der Waals surface area (Å²) in [5.41, 5.74) is 0. The molecule has 1 atom stereocenters. The van der Waals surface area contributed by atoms with Crippen LogP contribution >= 0.6 is 11.3 Å². The summed E-state index contributed by atoms with van der Waals surface area (Å²) in [5, 5.41) is 1.97. The molecule has 0 bridgehead atoms. The fourth-order valence-corrected chi connectivity index (χ4v) is 3.23. The third-order valence-corrected chi connectivity index (χ3v) is 4.78. The van der Waals surface area contributed by atoms with Gasteiger partial charge in [0.1, 0.15) is 6.61 Å². The molecule has 0 unspecified atom stereocenters. The van der Waals surface area contributed by atoms with Gasteiger partial charge in [-0.15, -0.1) is 11.3 Å². The van der Waals surface area contributed by atoms with E-state index >= 15 is 0 Å². The number of rotatable bonds is 4. The lowest BCUT2D eigenvalue weighted by Gasteiger charge is -2.31. The fourth-order valence-electron chi connectivity index (χ4n) is 2.61. The van der Waals surface area contributed by atoms with E-state index in [0.29, 0.717) is 13.2 Å². The normalized spacial score (nSPS) is 22.6. The molecule has 2 heterocycles. The molecule has 1 aromatic rings. The van der Waals surface area contributed by atoms with Crippen LogP contribution in [-0.2, 0) is 20.9 Å². The Morgan fingerprint density at radius 2 is 2.15 bits per heavy atom. The van der Waals surface area contributed by atoms with Crippen molar-refractivity contribution in [3.05, 3.63) is 22.4 Å². The molecule has 108 valence electrons. The minimum Gasteiger partial charge on any atom is -0.460 e. The van der Waals surface area contributed by atoms with Crippen molar-refractivity contribution in [1.29, 1.82) is 0 Å². The van der Waals surface area contributed by atoms with Gasteiger partial charge in [-0.05, 0) is 37.1 Å². The predicted octanol–water partition coefficient (Wildman–Crippen LogP) is 2.44. The molecule has 20 heavy (non-hydrogen) atoms. The summed E-state index contributed by atoms with van der Waals surface area (Å²) in [7, 11) is 0.